The number of hydrogen-bond acceptors (Lipinski definition) is 2. The molecule has 1 aliphatic rings. The highest BCUT2D eigenvalue weighted by atomic mass is 14.8. The number of nitrogen functional groups attached to an aromatic ring is 1. The van der Waals surface area contributed by atoms with Crippen molar-refractivity contribution >= 4 is 5.82 Å². The van der Waals surface area contributed by atoms with Gasteiger partial charge < -0.3 is 5.73 Å². The van der Waals surface area contributed by atoms with E-state index in [0.717, 1.165) is 12.0 Å². The lowest BCUT2D eigenvalue weighted by atomic mass is 10.2. The average Bonchev–Trinajstić information content (AvgIpc) is 2.36. The highest BCUT2D eigenvalue weighted by molar-refractivity contribution is 5.51. The summed E-state index contributed by atoms with van der Waals surface area (Å²) < 4.78 is 0. The number of allylic oxidation sites excluding steroid dienone is 1. The van der Waals surface area contributed by atoms with Crippen molar-refractivity contribution in [2.45, 2.75) is 6.42 Å². The molecule has 1 aliphatic carbocycles. The van der Waals surface area contributed by atoms with Gasteiger partial charge in [0.05, 0.1) is 0 Å². The molecule has 0 spiro atoms. The zero-order valence-electron chi connectivity index (χ0n) is 5.46. The van der Waals surface area contributed by atoms with Crippen LogP contribution >= 0.6 is 0 Å². The van der Waals surface area contributed by atoms with Crippen LogP contribution in [0.2, 0.25) is 0 Å². The lowest BCUT2D eigenvalue weighted by molar-refractivity contribution is 1.24. The quantitative estimate of drug-likeness (QED) is 0.568. The molecular weight excluding hydrogens is 124 g/mol. The summed E-state index contributed by atoms with van der Waals surface area (Å²) in [6.45, 7) is 0. The summed E-state index contributed by atoms with van der Waals surface area (Å²) >= 11 is 0. The van der Waals surface area contributed by atoms with Crippen LogP contribution in [0.5, 0.6) is 0 Å². The number of pyridine rings is 1. The Morgan fingerprint density at radius 1 is 1.60 bits per heavy atom. The molecule has 49 valence electrons. The highest BCUT2D eigenvalue weighted by Crippen LogP contribution is 2.20. The van der Waals surface area contributed by atoms with Crippen molar-refractivity contribution in [1.82, 2.24) is 4.98 Å². The number of nitrogens with two attached hydrogens (primary N) is 1. The Labute approximate surface area is 59.4 Å². The molecule has 0 saturated carbocycles. The molecule has 1 heterocycles. The number of aromatic nitrogens is 1. The van der Waals surface area contributed by atoms with E-state index in [9.17, 15) is 0 Å². The van der Waals surface area contributed by atoms with E-state index in [1.807, 2.05) is 12.1 Å². The molecule has 10 heavy (non-hydrogen) atoms. The number of hydrogen-bond donors (Lipinski definition) is 1. The van der Waals surface area contributed by atoms with Crippen LogP contribution in [0.25, 0.3) is 0 Å². The standard InChI is InChI=1S/C8H7N2/c9-8-7-3-1-2-6(7)4-5-10-8/h1,4-5H,2H2,(H2,9,10). The smallest absolute Gasteiger partial charge is 0.131 e. The first-order chi connectivity index (χ1) is 4.88. The molecule has 2 heteroatoms. The van der Waals surface area contributed by atoms with Gasteiger partial charge in [-0.15, -0.1) is 0 Å². The summed E-state index contributed by atoms with van der Waals surface area (Å²) in [5.74, 6) is 0.589. The molecule has 0 aliphatic heterocycles. The lowest BCUT2D eigenvalue weighted by Gasteiger charge is -1.98. The van der Waals surface area contributed by atoms with Crippen LogP contribution in [0.3, 0.4) is 0 Å². The summed E-state index contributed by atoms with van der Waals surface area (Å²) in [5.41, 5.74) is 7.78. The SMILES string of the molecule is Nc1nccc2c1[C]=CC2. The maximum Gasteiger partial charge on any atom is 0.131 e. The molecule has 2 nitrogen and oxygen atoms in total. The van der Waals surface area contributed by atoms with Gasteiger partial charge in [-0.2, -0.15) is 0 Å². The van der Waals surface area contributed by atoms with E-state index in [4.69, 9.17) is 5.73 Å². The van der Waals surface area contributed by atoms with Crippen LogP contribution in [0.15, 0.2) is 18.3 Å². The minimum Gasteiger partial charge on any atom is -0.383 e. The third kappa shape index (κ3) is 0.620. The minimum absolute atomic E-state index is 0.589. The summed E-state index contributed by atoms with van der Waals surface area (Å²) in [7, 11) is 0. The Kier molecular flexibility index (Phi) is 1.01. The second-order valence-corrected chi connectivity index (χ2v) is 2.28. The second kappa shape index (κ2) is 1.84. The lowest BCUT2D eigenvalue weighted by Crippen LogP contribution is -1.94. The normalized spacial score (nSPS) is 13.6. The van der Waals surface area contributed by atoms with Gasteiger partial charge in [0.1, 0.15) is 5.82 Å². The van der Waals surface area contributed by atoms with E-state index >= 15 is 0 Å². The molecule has 1 aromatic heterocycles. The van der Waals surface area contributed by atoms with Crippen molar-refractivity contribution in [1.29, 1.82) is 0 Å². The van der Waals surface area contributed by atoms with E-state index in [1.165, 1.54) is 5.56 Å². The molecule has 2 rings (SSSR count). The van der Waals surface area contributed by atoms with Gasteiger partial charge in [-0.3, -0.25) is 0 Å². The molecule has 0 fully saturated rings. The predicted octanol–water partition coefficient (Wildman–Crippen LogP) is 0.927. The fourth-order valence-corrected chi connectivity index (χ4v) is 1.12. The molecule has 0 atom stereocenters. The monoisotopic (exact) mass is 131 g/mol. The van der Waals surface area contributed by atoms with Crippen molar-refractivity contribution in [2.75, 3.05) is 5.73 Å². The second-order valence-electron chi connectivity index (χ2n) is 2.28. The third-order valence-corrected chi connectivity index (χ3v) is 1.63. The van der Waals surface area contributed by atoms with Gasteiger partial charge in [0.15, 0.2) is 0 Å². The fraction of sp³-hybridized carbons (Fsp3) is 0.125. The Bertz CT molecular complexity index is 289. The zero-order valence-corrected chi connectivity index (χ0v) is 5.46. The molecule has 1 radical (unpaired) electrons. The Balaban J connectivity index is 2.67. The van der Waals surface area contributed by atoms with Crippen molar-refractivity contribution in [2.24, 2.45) is 0 Å². The van der Waals surface area contributed by atoms with E-state index in [0.29, 0.717) is 5.82 Å². The fourth-order valence-electron chi connectivity index (χ4n) is 1.12. The molecular formula is C8H7N2. The molecule has 1 aromatic rings. The van der Waals surface area contributed by atoms with E-state index in [-0.39, 0.29) is 0 Å². The van der Waals surface area contributed by atoms with Crippen LogP contribution in [-0.4, -0.2) is 4.98 Å². The third-order valence-electron chi connectivity index (χ3n) is 1.63. The largest absolute Gasteiger partial charge is 0.383 e. The van der Waals surface area contributed by atoms with E-state index < -0.39 is 0 Å². The Hall–Kier alpha value is -1.31. The number of anilines is 1. The summed E-state index contributed by atoms with van der Waals surface area (Å²) in [5, 5.41) is 0. The maximum atomic E-state index is 5.58. The number of rotatable bonds is 0. The first-order valence-electron chi connectivity index (χ1n) is 3.19. The van der Waals surface area contributed by atoms with Crippen LogP contribution in [0.4, 0.5) is 5.82 Å². The Morgan fingerprint density at radius 2 is 2.50 bits per heavy atom. The van der Waals surface area contributed by atoms with Gasteiger partial charge >= 0.3 is 0 Å². The summed E-state index contributed by atoms with van der Waals surface area (Å²) in [4.78, 5) is 3.95. The maximum absolute atomic E-state index is 5.58. The van der Waals surface area contributed by atoms with Crippen molar-refractivity contribution < 1.29 is 0 Å². The van der Waals surface area contributed by atoms with Crippen LogP contribution in [0, 0.1) is 6.08 Å². The van der Waals surface area contributed by atoms with Gasteiger partial charge in [-0.1, -0.05) is 6.08 Å². The van der Waals surface area contributed by atoms with E-state index in [1.54, 1.807) is 6.20 Å². The van der Waals surface area contributed by atoms with Gasteiger partial charge in [0.25, 0.3) is 0 Å². The highest BCUT2D eigenvalue weighted by Gasteiger charge is 2.07. The van der Waals surface area contributed by atoms with Crippen molar-refractivity contribution in [3.63, 3.8) is 0 Å². The molecule has 0 saturated heterocycles. The van der Waals surface area contributed by atoms with E-state index in [2.05, 4.69) is 11.1 Å². The van der Waals surface area contributed by atoms with Crippen LogP contribution < -0.4 is 5.73 Å². The van der Waals surface area contributed by atoms with Gasteiger partial charge in [0, 0.05) is 11.8 Å². The predicted molar refractivity (Wildman–Crippen MR) is 39.3 cm³/mol. The number of fused-ring (bicyclic) bond motifs is 1. The first kappa shape index (κ1) is 5.47. The average molecular weight is 131 g/mol. The Morgan fingerprint density at radius 3 is 3.30 bits per heavy atom. The molecule has 0 unspecified atom stereocenters. The van der Waals surface area contributed by atoms with Crippen LogP contribution in [0.1, 0.15) is 11.1 Å². The number of nitrogens with zero attached hydrogens (tertiary/aromatic N) is 1. The van der Waals surface area contributed by atoms with Crippen molar-refractivity contribution in [3.8, 4) is 0 Å². The summed E-state index contributed by atoms with van der Waals surface area (Å²) in [6, 6.07) is 1.97. The molecule has 0 bridgehead atoms. The van der Waals surface area contributed by atoms with Gasteiger partial charge in [-0.25, -0.2) is 4.98 Å². The first-order valence-corrected chi connectivity index (χ1v) is 3.19. The zero-order chi connectivity index (χ0) is 6.97. The van der Waals surface area contributed by atoms with Gasteiger partial charge in [0.2, 0.25) is 0 Å². The molecule has 2 N–H and O–H groups in total. The molecule has 0 amide bonds. The molecule has 0 aromatic carbocycles. The minimum atomic E-state index is 0.589. The van der Waals surface area contributed by atoms with Gasteiger partial charge in [-0.05, 0) is 24.1 Å². The van der Waals surface area contributed by atoms with Crippen LogP contribution in [-0.2, 0) is 6.42 Å². The topological polar surface area (TPSA) is 38.9 Å². The van der Waals surface area contributed by atoms with Crippen molar-refractivity contribution in [3.05, 3.63) is 35.5 Å². The summed E-state index contributed by atoms with van der Waals surface area (Å²) in [6.07, 6.45) is 7.71.